The summed E-state index contributed by atoms with van der Waals surface area (Å²) in [5.41, 5.74) is 1.15. The van der Waals surface area contributed by atoms with Gasteiger partial charge in [-0.2, -0.15) is 0 Å². The smallest absolute Gasteiger partial charge is 0.406 e. The van der Waals surface area contributed by atoms with Crippen LogP contribution < -0.4 is 10.1 Å². The number of carbonyl (C=O) groups is 1. The summed E-state index contributed by atoms with van der Waals surface area (Å²) < 4.78 is 53.9. The number of ether oxygens (including phenoxy) is 1. The minimum Gasteiger partial charge on any atom is -0.406 e. The van der Waals surface area contributed by atoms with Gasteiger partial charge in [0.15, 0.2) is 0 Å². The molecule has 2 aromatic rings. The number of rotatable bonds is 6. The molecule has 0 aliphatic carbocycles. The number of benzene rings is 2. The lowest BCUT2D eigenvalue weighted by molar-refractivity contribution is -0.274. The lowest BCUT2D eigenvalue weighted by Crippen LogP contribution is -2.42. The highest BCUT2D eigenvalue weighted by atomic mass is 19.4. The summed E-state index contributed by atoms with van der Waals surface area (Å²) in [6.45, 7) is 1.96. The van der Waals surface area contributed by atoms with Gasteiger partial charge in [0.05, 0.1) is 0 Å². The topological polar surface area (TPSA) is 41.6 Å². The summed E-state index contributed by atoms with van der Waals surface area (Å²) >= 11 is 0. The van der Waals surface area contributed by atoms with Crippen molar-refractivity contribution in [2.45, 2.75) is 32.3 Å². The van der Waals surface area contributed by atoms with Crippen molar-refractivity contribution < 1.29 is 27.1 Å². The van der Waals surface area contributed by atoms with E-state index in [2.05, 4.69) is 10.1 Å². The van der Waals surface area contributed by atoms with Crippen LogP contribution in [-0.4, -0.2) is 30.4 Å². The fraction of sp³-hybridized carbons (Fsp3) is 0.316. The quantitative estimate of drug-likeness (QED) is 0.746. The van der Waals surface area contributed by atoms with Crippen LogP contribution in [0.4, 0.5) is 22.4 Å². The summed E-state index contributed by atoms with van der Waals surface area (Å²) in [6, 6.07) is 11.0. The third kappa shape index (κ3) is 6.80. The van der Waals surface area contributed by atoms with Gasteiger partial charge in [0.2, 0.25) is 0 Å². The summed E-state index contributed by atoms with van der Waals surface area (Å²) in [6.07, 6.45) is -4.40. The lowest BCUT2D eigenvalue weighted by atomic mass is 10.1. The van der Waals surface area contributed by atoms with Crippen LogP contribution in [-0.2, 0) is 13.0 Å². The monoisotopic (exact) mass is 384 g/mol. The number of hydrogen-bond acceptors (Lipinski definition) is 2. The van der Waals surface area contributed by atoms with Crippen molar-refractivity contribution in [1.82, 2.24) is 10.2 Å². The van der Waals surface area contributed by atoms with Gasteiger partial charge in [-0.05, 0) is 42.7 Å². The number of urea groups is 1. The van der Waals surface area contributed by atoms with Crippen LogP contribution in [0.1, 0.15) is 18.1 Å². The van der Waals surface area contributed by atoms with Crippen molar-refractivity contribution in [3.05, 3.63) is 65.5 Å². The first-order chi connectivity index (χ1) is 12.6. The number of hydrogen-bond donors (Lipinski definition) is 1. The maximum atomic E-state index is 13.7. The molecule has 1 N–H and O–H groups in total. The molecule has 0 saturated carbocycles. The van der Waals surface area contributed by atoms with Gasteiger partial charge < -0.3 is 15.0 Å². The van der Waals surface area contributed by atoms with E-state index >= 15 is 0 Å². The molecule has 8 heteroatoms. The van der Waals surface area contributed by atoms with Gasteiger partial charge in [-0.3, -0.25) is 0 Å². The molecule has 2 rings (SSSR count). The van der Waals surface area contributed by atoms with Crippen molar-refractivity contribution in [2.75, 3.05) is 7.05 Å². The molecule has 0 radical (unpaired) electrons. The largest absolute Gasteiger partial charge is 0.573 e. The highest BCUT2D eigenvalue weighted by Crippen LogP contribution is 2.23. The Balaban J connectivity index is 1.87. The highest BCUT2D eigenvalue weighted by molar-refractivity contribution is 5.74. The minimum absolute atomic E-state index is 0.199. The fourth-order valence-corrected chi connectivity index (χ4v) is 2.51. The second-order valence-electron chi connectivity index (χ2n) is 6.19. The van der Waals surface area contributed by atoms with Crippen molar-refractivity contribution in [3.63, 3.8) is 0 Å². The van der Waals surface area contributed by atoms with E-state index in [-0.39, 0.29) is 30.2 Å². The summed E-state index contributed by atoms with van der Waals surface area (Å²) in [7, 11) is 1.56. The van der Waals surface area contributed by atoms with E-state index in [1.54, 1.807) is 32.2 Å². The van der Waals surface area contributed by atoms with Crippen LogP contribution in [0.25, 0.3) is 0 Å². The average molecular weight is 384 g/mol. The molecule has 0 aliphatic rings. The van der Waals surface area contributed by atoms with E-state index < -0.39 is 6.36 Å². The van der Waals surface area contributed by atoms with Gasteiger partial charge in [-0.15, -0.1) is 13.2 Å². The van der Waals surface area contributed by atoms with Crippen molar-refractivity contribution in [1.29, 1.82) is 0 Å². The van der Waals surface area contributed by atoms with Crippen LogP contribution in [0, 0.1) is 5.82 Å². The maximum absolute atomic E-state index is 13.7. The number of amides is 2. The first-order valence-corrected chi connectivity index (χ1v) is 8.24. The Morgan fingerprint density at radius 1 is 1.15 bits per heavy atom. The predicted octanol–water partition coefficient (Wildman–Crippen LogP) is 4.50. The van der Waals surface area contributed by atoms with E-state index in [9.17, 15) is 22.4 Å². The Morgan fingerprint density at radius 3 is 2.37 bits per heavy atom. The molecule has 1 unspecified atom stereocenters. The normalized spacial score (nSPS) is 12.4. The van der Waals surface area contributed by atoms with Crippen LogP contribution in [0.15, 0.2) is 48.5 Å². The minimum atomic E-state index is -4.74. The molecule has 0 fully saturated rings. The number of halogens is 4. The van der Waals surface area contributed by atoms with Gasteiger partial charge in [0.1, 0.15) is 11.6 Å². The average Bonchev–Trinajstić information content (AvgIpc) is 2.57. The van der Waals surface area contributed by atoms with E-state index in [1.165, 1.54) is 35.2 Å². The molecular formula is C19H20F4N2O2. The standard InChI is InChI=1S/C19H20F4N2O2/c1-13(11-15-5-3-4-6-17(15)20)24-18(26)25(2)12-14-7-9-16(10-8-14)27-19(21,22)23/h3-10,13H,11-12H2,1-2H3,(H,24,26). The third-order valence-electron chi connectivity index (χ3n) is 3.78. The van der Waals surface area contributed by atoms with Gasteiger partial charge in [-0.25, -0.2) is 9.18 Å². The first-order valence-electron chi connectivity index (χ1n) is 8.24. The van der Waals surface area contributed by atoms with Crippen LogP contribution in [0.5, 0.6) is 5.75 Å². The molecule has 2 aromatic carbocycles. The molecular weight excluding hydrogens is 364 g/mol. The lowest BCUT2D eigenvalue weighted by Gasteiger charge is -2.22. The fourth-order valence-electron chi connectivity index (χ4n) is 2.51. The summed E-state index contributed by atoms with van der Waals surface area (Å²) in [5.74, 6) is -0.648. The number of nitrogens with zero attached hydrogens (tertiary/aromatic N) is 1. The number of nitrogens with one attached hydrogen (secondary N) is 1. The zero-order valence-electron chi connectivity index (χ0n) is 14.9. The van der Waals surface area contributed by atoms with E-state index in [1.807, 2.05) is 0 Å². The molecule has 1 atom stereocenters. The van der Waals surface area contributed by atoms with Gasteiger partial charge >= 0.3 is 12.4 Å². The second kappa shape index (κ2) is 8.75. The molecule has 4 nitrogen and oxygen atoms in total. The summed E-state index contributed by atoms with van der Waals surface area (Å²) in [4.78, 5) is 13.6. The van der Waals surface area contributed by atoms with E-state index in [0.717, 1.165) is 0 Å². The zero-order chi connectivity index (χ0) is 20.0. The van der Waals surface area contributed by atoms with Crippen molar-refractivity contribution in [3.8, 4) is 5.75 Å². The zero-order valence-corrected chi connectivity index (χ0v) is 14.9. The molecule has 0 spiro atoms. The molecule has 0 aromatic heterocycles. The third-order valence-corrected chi connectivity index (χ3v) is 3.78. The molecule has 146 valence electrons. The Morgan fingerprint density at radius 2 is 1.78 bits per heavy atom. The number of carbonyl (C=O) groups excluding carboxylic acids is 1. The molecule has 2 amide bonds. The van der Waals surface area contributed by atoms with Crippen molar-refractivity contribution in [2.24, 2.45) is 0 Å². The highest BCUT2D eigenvalue weighted by Gasteiger charge is 2.30. The van der Waals surface area contributed by atoms with E-state index in [0.29, 0.717) is 17.5 Å². The summed E-state index contributed by atoms with van der Waals surface area (Å²) in [5, 5.41) is 2.76. The Bertz CT molecular complexity index is 763. The van der Waals surface area contributed by atoms with Gasteiger partial charge in [0.25, 0.3) is 0 Å². The second-order valence-corrected chi connectivity index (χ2v) is 6.19. The molecule has 0 saturated heterocycles. The van der Waals surface area contributed by atoms with Crippen molar-refractivity contribution >= 4 is 6.03 Å². The Labute approximate surface area is 154 Å². The Hall–Kier alpha value is -2.77. The molecule has 27 heavy (non-hydrogen) atoms. The van der Waals surface area contributed by atoms with E-state index in [4.69, 9.17) is 0 Å². The van der Waals surface area contributed by atoms with Crippen LogP contribution in [0.2, 0.25) is 0 Å². The van der Waals surface area contributed by atoms with Crippen LogP contribution >= 0.6 is 0 Å². The molecule has 0 aliphatic heterocycles. The predicted molar refractivity (Wildman–Crippen MR) is 92.7 cm³/mol. The number of alkyl halides is 3. The van der Waals surface area contributed by atoms with Crippen LogP contribution in [0.3, 0.4) is 0 Å². The molecule has 0 bridgehead atoms. The first kappa shape index (κ1) is 20.5. The Kier molecular flexibility index (Phi) is 6.65. The molecule has 0 heterocycles. The van der Waals surface area contributed by atoms with Gasteiger partial charge in [0, 0.05) is 19.6 Å². The maximum Gasteiger partial charge on any atom is 0.573 e. The van der Waals surface area contributed by atoms with Gasteiger partial charge in [-0.1, -0.05) is 30.3 Å². The SMILES string of the molecule is CC(Cc1ccccc1F)NC(=O)N(C)Cc1ccc(OC(F)(F)F)cc1.